The van der Waals surface area contributed by atoms with Gasteiger partial charge in [-0.3, -0.25) is 4.52 Å². The Morgan fingerprint density at radius 2 is 0.827 bits per heavy atom. The summed E-state index contributed by atoms with van der Waals surface area (Å²) in [6.45, 7) is 45.3. The molecule has 6 aromatic carbocycles. The van der Waals surface area contributed by atoms with Crippen LogP contribution in [0.1, 0.15) is 132 Å². The number of hydrogen-bond donors (Lipinski definition) is 0. The molecule has 0 amide bonds. The maximum absolute atomic E-state index is 13.7. The quantitative estimate of drug-likeness (QED) is 0.0943. The van der Waals surface area contributed by atoms with E-state index in [0.29, 0.717) is 35.5 Å². The molecule has 1 aromatic heterocycles. The predicted molar refractivity (Wildman–Crippen MR) is 324 cm³/mol. The van der Waals surface area contributed by atoms with Gasteiger partial charge in [0, 0.05) is 33.0 Å². The van der Waals surface area contributed by atoms with Crippen LogP contribution in [0.3, 0.4) is 0 Å². The van der Waals surface area contributed by atoms with Crippen LogP contribution < -0.4 is 19.4 Å². The van der Waals surface area contributed by atoms with E-state index in [2.05, 4.69) is 232 Å². The first-order chi connectivity index (χ1) is 34.7. The molecule has 75 heavy (non-hydrogen) atoms. The highest BCUT2D eigenvalue weighted by molar-refractivity contribution is 7.43. The maximum atomic E-state index is 13.7. The van der Waals surface area contributed by atoms with Crippen LogP contribution >= 0.6 is 16.8 Å². The fourth-order valence-corrected chi connectivity index (χ4v) is 15.2. The van der Waals surface area contributed by atoms with Crippen molar-refractivity contribution in [1.82, 2.24) is 0 Å². The van der Waals surface area contributed by atoms with Gasteiger partial charge in [-0.2, -0.15) is 0 Å². The molecular weight excluding hydrogens is 999 g/mol. The van der Waals surface area contributed by atoms with Crippen molar-refractivity contribution in [2.24, 2.45) is 0 Å². The minimum Gasteiger partial charge on any atom is -0.417 e. The van der Waals surface area contributed by atoms with Crippen LogP contribution in [0.4, 0.5) is 0 Å². The lowest BCUT2D eigenvalue weighted by Gasteiger charge is -2.31. The van der Waals surface area contributed by atoms with Gasteiger partial charge in [-0.15, -0.1) is 0 Å². The Morgan fingerprint density at radius 3 is 1.16 bits per heavy atom. The highest BCUT2D eigenvalue weighted by Crippen LogP contribution is 2.56. The number of hydrogen-bond acceptors (Lipinski definition) is 7. The van der Waals surface area contributed by atoms with Crippen LogP contribution in [0.5, 0.6) is 11.5 Å². The molecule has 7 nitrogen and oxygen atoms in total. The number of fused-ring (bicyclic) bond motifs is 3. The van der Waals surface area contributed by atoms with Gasteiger partial charge in [0.1, 0.15) is 11.5 Å². The van der Waals surface area contributed by atoms with Crippen molar-refractivity contribution in [1.29, 1.82) is 0 Å². The van der Waals surface area contributed by atoms with E-state index in [1.54, 1.807) is 0 Å². The monoisotopic (exact) mass is 1080 g/mol. The first kappa shape index (κ1) is 56.3. The molecule has 1 atom stereocenters. The topological polar surface area (TPSA) is 80.3 Å². The summed E-state index contributed by atoms with van der Waals surface area (Å²) >= 11 is 0. The average molecular weight is 1080 g/mol. The summed E-state index contributed by atoms with van der Waals surface area (Å²) in [6, 6.07) is 39.6. The van der Waals surface area contributed by atoms with Gasteiger partial charge in [-0.1, -0.05) is 209 Å². The second-order valence-electron chi connectivity index (χ2n) is 26.8. The van der Waals surface area contributed by atoms with Crippen LogP contribution in [0.2, 0.25) is 39.3 Å². The first-order valence-electron chi connectivity index (χ1n) is 26.8. The van der Waals surface area contributed by atoms with Crippen LogP contribution in [0.15, 0.2) is 118 Å². The van der Waals surface area contributed by atoms with E-state index in [1.165, 1.54) is 16.7 Å². The summed E-state index contributed by atoms with van der Waals surface area (Å²) in [5.41, 5.74) is 9.94. The smallest absolute Gasteiger partial charge is 0.417 e. The Labute approximate surface area is 452 Å². The molecule has 1 saturated heterocycles. The summed E-state index contributed by atoms with van der Waals surface area (Å²) in [6.07, 6.45) is 0.963. The molecule has 398 valence electrons. The second kappa shape index (κ2) is 20.2. The molecule has 1 unspecified atom stereocenters. The van der Waals surface area contributed by atoms with E-state index in [1.807, 2.05) is 13.8 Å². The van der Waals surface area contributed by atoms with Crippen LogP contribution in [0.25, 0.3) is 55.3 Å². The standard InChI is InChI=1S/C64H82O7P2Si2/c1-21-64(22-2)59(65)70-73(71-64)69-58-52(38-46(63(12,13)14)40-54(58)75(18,19)20)51-37-45(62(9,10)11)39-53(74(15,16)17)57(51)68-72-66-55-47(41-29-25-23-26-30-41)33-43(60(3,4)5)35-49(55)50-36-44(61(6,7)8)34-48(56(50)67-72)42-31-27-24-28-32-42/h23-40H,21-22H2,1-20H3. The molecule has 8 rings (SSSR count). The van der Waals surface area contributed by atoms with Crippen molar-refractivity contribution in [3.05, 3.63) is 131 Å². The zero-order valence-corrected chi connectivity index (χ0v) is 52.3. The van der Waals surface area contributed by atoms with Gasteiger partial charge in [0.2, 0.25) is 0 Å². The Bertz CT molecular complexity index is 3200. The second-order valence-corrected chi connectivity index (χ2v) is 38.9. The zero-order chi connectivity index (χ0) is 55.0. The molecule has 0 saturated carbocycles. The van der Waals surface area contributed by atoms with Crippen molar-refractivity contribution < 1.29 is 31.3 Å². The summed E-state index contributed by atoms with van der Waals surface area (Å²) in [5.74, 6) is 0.986. The number of carbonyl (C=O) groups excluding carboxylic acids is 1. The Hall–Kier alpha value is -4.89. The van der Waals surface area contributed by atoms with Gasteiger partial charge in [0.05, 0.1) is 16.1 Å². The lowest BCUT2D eigenvalue weighted by atomic mass is 9.82. The zero-order valence-electron chi connectivity index (χ0n) is 48.6. The number of rotatable bonds is 11. The van der Waals surface area contributed by atoms with Crippen molar-refractivity contribution in [2.75, 3.05) is 0 Å². The molecule has 0 N–H and O–H groups in total. The first-order valence-corrected chi connectivity index (χ1v) is 36.0. The molecular formula is C64H82O7P2Si2. The molecule has 11 heteroatoms. The van der Waals surface area contributed by atoms with E-state index in [0.717, 1.165) is 60.1 Å². The van der Waals surface area contributed by atoms with E-state index in [-0.39, 0.29) is 27.6 Å². The molecule has 0 aliphatic carbocycles. The number of benzene rings is 6. The third kappa shape index (κ3) is 11.6. The molecule has 7 aromatic rings. The minimum absolute atomic E-state index is 0.194. The lowest BCUT2D eigenvalue weighted by Crippen LogP contribution is -2.40. The Kier molecular flexibility index (Phi) is 15.1. The van der Waals surface area contributed by atoms with E-state index < -0.39 is 38.6 Å². The lowest BCUT2D eigenvalue weighted by molar-refractivity contribution is -0.143. The van der Waals surface area contributed by atoms with Crippen LogP contribution in [-0.2, 0) is 35.5 Å². The van der Waals surface area contributed by atoms with E-state index in [4.69, 9.17) is 26.5 Å². The fraction of sp³-hybridized carbons (Fsp3) is 0.422. The Morgan fingerprint density at radius 1 is 0.480 bits per heavy atom. The van der Waals surface area contributed by atoms with Gasteiger partial charge in [0.15, 0.2) is 16.8 Å². The predicted octanol–water partition coefficient (Wildman–Crippen LogP) is 19.2. The van der Waals surface area contributed by atoms with Crippen molar-refractivity contribution >= 4 is 71.3 Å². The van der Waals surface area contributed by atoms with Crippen LogP contribution in [0, 0.1) is 0 Å². The van der Waals surface area contributed by atoms with Gasteiger partial charge < -0.3 is 22.0 Å². The molecule has 0 radical (unpaired) electrons. The van der Waals surface area contributed by atoms with E-state index >= 15 is 0 Å². The van der Waals surface area contributed by atoms with Crippen molar-refractivity contribution in [3.63, 3.8) is 0 Å². The normalized spacial score (nSPS) is 15.6. The summed E-state index contributed by atoms with van der Waals surface area (Å²) in [4.78, 5) is 13.7. The van der Waals surface area contributed by atoms with Gasteiger partial charge in [-0.25, -0.2) is 4.79 Å². The molecule has 0 spiro atoms. The fourth-order valence-electron chi connectivity index (χ4n) is 9.63. The van der Waals surface area contributed by atoms with Crippen LogP contribution in [-0.4, -0.2) is 27.7 Å². The third-order valence-electron chi connectivity index (χ3n) is 14.8. The molecule has 1 fully saturated rings. The van der Waals surface area contributed by atoms with Crippen molar-refractivity contribution in [2.45, 2.75) is 176 Å². The maximum Gasteiger partial charge on any atom is 0.466 e. The summed E-state index contributed by atoms with van der Waals surface area (Å²) in [7, 11) is -8.90. The highest BCUT2D eigenvalue weighted by Gasteiger charge is 2.51. The molecule has 0 bridgehead atoms. The third-order valence-corrected chi connectivity index (χ3v) is 20.9. The molecule has 1 aliphatic heterocycles. The largest absolute Gasteiger partial charge is 0.466 e. The van der Waals surface area contributed by atoms with Gasteiger partial charge >= 0.3 is 22.8 Å². The highest BCUT2D eigenvalue weighted by atomic mass is 31.2. The van der Waals surface area contributed by atoms with E-state index in [9.17, 15) is 4.79 Å². The summed E-state index contributed by atoms with van der Waals surface area (Å²) < 4.78 is 42.8. The number of carbonyl (C=O) groups is 1. The summed E-state index contributed by atoms with van der Waals surface area (Å²) in [5, 5.41) is 4.16. The average Bonchev–Trinajstić information content (AvgIpc) is 3.54. The molecule has 2 heterocycles. The van der Waals surface area contributed by atoms with Gasteiger partial charge in [-0.05, 0) is 115 Å². The minimum atomic E-state index is -2.32. The Balaban J connectivity index is 1.57. The SMILES string of the molecule is CCC1(CC)OP(Oc2c(-c3cc(C(C)(C)C)cc([Si](C)(C)C)c3Op3oc4c(-c5ccccc5)cc(C(C)(C)C)cc4c4cc(C(C)(C)C)cc(-c5ccccc5)c4o3)cc(C(C)(C)C)cc2[Si](C)(C)C)OC1=O. The molecule has 1 aliphatic rings. The van der Waals surface area contributed by atoms with Crippen molar-refractivity contribution in [3.8, 4) is 44.9 Å². The van der Waals surface area contributed by atoms with Gasteiger partial charge in [0.25, 0.3) is 0 Å².